The third-order valence-corrected chi connectivity index (χ3v) is 3.58. The molecule has 0 aliphatic rings. The van der Waals surface area contributed by atoms with Crippen LogP contribution >= 0.6 is 15.9 Å². The summed E-state index contributed by atoms with van der Waals surface area (Å²) >= 11 is 3.45. The van der Waals surface area contributed by atoms with Gasteiger partial charge in [0.15, 0.2) is 11.6 Å². The predicted octanol–water partition coefficient (Wildman–Crippen LogP) is 4.58. The second-order valence-corrected chi connectivity index (χ2v) is 5.18. The molecule has 0 saturated heterocycles. The minimum absolute atomic E-state index is 0.0162. The van der Waals surface area contributed by atoms with Gasteiger partial charge in [-0.3, -0.25) is 0 Å². The number of halogens is 3. The molecular weight excluding hydrogens is 314 g/mol. The molecule has 0 saturated carbocycles. The number of imidazole rings is 1. The summed E-state index contributed by atoms with van der Waals surface area (Å²) in [6, 6.07) is 8.32. The van der Waals surface area contributed by atoms with Gasteiger partial charge in [0.05, 0.1) is 5.52 Å². The second kappa shape index (κ2) is 4.42. The van der Waals surface area contributed by atoms with Gasteiger partial charge >= 0.3 is 0 Å². The van der Waals surface area contributed by atoms with Crippen LogP contribution in [0.5, 0.6) is 0 Å². The Bertz CT molecular complexity index is 780. The summed E-state index contributed by atoms with van der Waals surface area (Å²) in [5, 5.41) is 0. The molecule has 1 heterocycles. The molecule has 19 heavy (non-hydrogen) atoms. The zero-order valence-electron chi connectivity index (χ0n) is 9.97. The zero-order chi connectivity index (χ0) is 13.6. The van der Waals surface area contributed by atoms with Gasteiger partial charge in [0.25, 0.3) is 0 Å². The summed E-state index contributed by atoms with van der Waals surface area (Å²) in [6.45, 7) is 1.97. The molecule has 1 aromatic heterocycles. The molecule has 0 aliphatic heterocycles. The lowest BCUT2D eigenvalue weighted by molar-refractivity contribution is 0.515. The van der Waals surface area contributed by atoms with Crippen molar-refractivity contribution in [2.75, 3.05) is 0 Å². The van der Waals surface area contributed by atoms with Crippen molar-refractivity contribution in [2.24, 2.45) is 0 Å². The number of nitrogens with one attached hydrogen (secondary N) is 1. The van der Waals surface area contributed by atoms with Crippen LogP contribution in [0, 0.1) is 18.6 Å². The highest BCUT2D eigenvalue weighted by Crippen LogP contribution is 2.29. The number of nitrogens with zero attached hydrogens (tertiary/aromatic N) is 1. The largest absolute Gasteiger partial charge is 0.338 e. The molecule has 0 atom stereocenters. The minimum Gasteiger partial charge on any atom is -0.338 e. The average Bonchev–Trinajstić information content (AvgIpc) is 2.78. The molecule has 0 amide bonds. The molecule has 0 spiro atoms. The van der Waals surface area contributed by atoms with E-state index < -0.39 is 11.6 Å². The molecule has 0 fully saturated rings. The van der Waals surface area contributed by atoms with Crippen molar-refractivity contribution >= 4 is 27.0 Å². The van der Waals surface area contributed by atoms with Crippen molar-refractivity contribution < 1.29 is 8.78 Å². The van der Waals surface area contributed by atoms with Gasteiger partial charge < -0.3 is 4.98 Å². The van der Waals surface area contributed by atoms with E-state index >= 15 is 0 Å². The maximum absolute atomic E-state index is 13.6. The molecule has 5 heteroatoms. The first-order chi connectivity index (χ1) is 9.06. The number of benzene rings is 2. The lowest BCUT2D eigenvalue weighted by atomic mass is 10.1. The van der Waals surface area contributed by atoms with Crippen molar-refractivity contribution in [2.45, 2.75) is 6.92 Å². The first-order valence-electron chi connectivity index (χ1n) is 5.66. The van der Waals surface area contributed by atoms with Gasteiger partial charge in [-0.15, -0.1) is 0 Å². The van der Waals surface area contributed by atoms with Crippen LogP contribution in [-0.4, -0.2) is 9.97 Å². The Labute approximate surface area is 116 Å². The van der Waals surface area contributed by atoms with E-state index in [9.17, 15) is 8.78 Å². The van der Waals surface area contributed by atoms with Crippen LogP contribution in [0.1, 0.15) is 5.56 Å². The van der Waals surface area contributed by atoms with Crippen LogP contribution in [0.25, 0.3) is 22.4 Å². The summed E-state index contributed by atoms with van der Waals surface area (Å²) in [7, 11) is 0. The fourth-order valence-corrected chi connectivity index (χ4v) is 2.64. The highest BCUT2D eigenvalue weighted by Gasteiger charge is 2.14. The van der Waals surface area contributed by atoms with Crippen molar-refractivity contribution in [1.82, 2.24) is 9.97 Å². The van der Waals surface area contributed by atoms with Gasteiger partial charge in [-0.05, 0) is 36.8 Å². The van der Waals surface area contributed by atoms with E-state index in [4.69, 9.17) is 0 Å². The third-order valence-electron chi connectivity index (χ3n) is 2.93. The van der Waals surface area contributed by atoms with E-state index in [-0.39, 0.29) is 5.52 Å². The quantitative estimate of drug-likeness (QED) is 0.698. The van der Waals surface area contributed by atoms with Crippen molar-refractivity contribution in [1.29, 1.82) is 0 Å². The Kier molecular flexibility index (Phi) is 2.86. The smallest absolute Gasteiger partial charge is 0.186 e. The number of aromatic amines is 1. The maximum atomic E-state index is 13.6. The Balaban J connectivity index is 2.23. The number of aryl methyl sites for hydroxylation is 1. The van der Waals surface area contributed by atoms with E-state index in [1.54, 1.807) is 0 Å². The first-order valence-corrected chi connectivity index (χ1v) is 6.46. The topological polar surface area (TPSA) is 28.7 Å². The predicted molar refractivity (Wildman–Crippen MR) is 73.9 cm³/mol. The van der Waals surface area contributed by atoms with Crippen LogP contribution in [-0.2, 0) is 0 Å². The van der Waals surface area contributed by atoms with Gasteiger partial charge in [0, 0.05) is 10.0 Å². The van der Waals surface area contributed by atoms with Gasteiger partial charge in [-0.2, -0.15) is 0 Å². The lowest BCUT2D eigenvalue weighted by Crippen LogP contribution is -1.85. The van der Waals surface area contributed by atoms with E-state index in [0.717, 1.165) is 21.7 Å². The monoisotopic (exact) mass is 322 g/mol. The Morgan fingerprint density at radius 1 is 1.16 bits per heavy atom. The Morgan fingerprint density at radius 3 is 2.68 bits per heavy atom. The summed E-state index contributed by atoms with van der Waals surface area (Å²) in [5.74, 6) is -1.32. The highest BCUT2D eigenvalue weighted by molar-refractivity contribution is 9.10. The van der Waals surface area contributed by atoms with E-state index in [0.29, 0.717) is 11.3 Å². The molecule has 0 unspecified atom stereocenters. The van der Waals surface area contributed by atoms with Crippen LogP contribution in [0.15, 0.2) is 34.8 Å². The Hall–Kier alpha value is -1.75. The summed E-state index contributed by atoms with van der Waals surface area (Å²) in [6.07, 6.45) is 0. The molecule has 2 aromatic carbocycles. The highest BCUT2D eigenvalue weighted by atomic mass is 79.9. The summed E-state index contributed by atoms with van der Waals surface area (Å²) in [5.41, 5.74) is 2.40. The Morgan fingerprint density at radius 2 is 1.95 bits per heavy atom. The normalized spacial score (nSPS) is 11.2. The van der Waals surface area contributed by atoms with E-state index in [1.165, 1.54) is 6.07 Å². The van der Waals surface area contributed by atoms with Crippen molar-refractivity contribution in [3.8, 4) is 11.4 Å². The summed E-state index contributed by atoms with van der Waals surface area (Å²) in [4.78, 5) is 7.13. The van der Waals surface area contributed by atoms with Gasteiger partial charge in [0.1, 0.15) is 11.3 Å². The maximum Gasteiger partial charge on any atom is 0.186 e. The van der Waals surface area contributed by atoms with Crippen LogP contribution in [0.3, 0.4) is 0 Å². The van der Waals surface area contributed by atoms with E-state index in [2.05, 4.69) is 25.9 Å². The first kappa shape index (κ1) is 12.3. The van der Waals surface area contributed by atoms with Crippen LogP contribution < -0.4 is 0 Å². The third kappa shape index (κ3) is 2.04. The molecule has 0 radical (unpaired) electrons. The van der Waals surface area contributed by atoms with Crippen molar-refractivity contribution in [3.63, 3.8) is 0 Å². The van der Waals surface area contributed by atoms with Crippen LogP contribution in [0.2, 0.25) is 0 Å². The number of fused-ring (bicyclic) bond motifs is 1. The molecule has 3 rings (SSSR count). The number of rotatable bonds is 1. The zero-order valence-corrected chi connectivity index (χ0v) is 11.6. The van der Waals surface area contributed by atoms with Gasteiger partial charge in [0.2, 0.25) is 0 Å². The van der Waals surface area contributed by atoms with Crippen molar-refractivity contribution in [3.05, 3.63) is 52.0 Å². The van der Waals surface area contributed by atoms with Gasteiger partial charge in [-0.1, -0.05) is 22.0 Å². The van der Waals surface area contributed by atoms with E-state index in [1.807, 2.05) is 25.1 Å². The molecule has 2 nitrogen and oxygen atoms in total. The summed E-state index contributed by atoms with van der Waals surface area (Å²) < 4.78 is 27.6. The molecule has 3 aromatic rings. The number of H-pyrrole nitrogens is 1. The lowest BCUT2D eigenvalue weighted by Gasteiger charge is -2.01. The minimum atomic E-state index is -0.928. The second-order valence-electron chi connectivity index (χ2n) is 4.33. The van der Waals surface area contributed by atoms with Crippen LogP contribution in [0.4, 0.5) is 8.78 Å². The SMILES string of the molecule is Cc1ccc(-c2nc3c(F)c(F)ccc3[nH]2)c(Br)c1. The molecule has 0 aliphatic carbocycles. The number of hydrogen-bond acceptors (Lipinski definition) is 1. The standard InChI is InChI=1S/C14H9BrF2N2/c1-7-2-3-8(9(15)6-7)14-18-11-5-4-10(16)12(17)13(11)19-14/h2-6H,1H3,(H,18,19). The molecule has 96 valence electrons. The fraction of sp³-hybridized carbons (Fsp3) is 0.0714. The fourth-order valence-electron chi connectivity index (χ4n) is 1.96. The average molecular weight is 323 g/mol. The molecular formula is C14H9BrF2N2. The van der Waals surface area contributed by atoms with Gasteiger partial charge in [-0.25, -0.2) is 13.8 Å². The number of aromatic nitrogens is 2. The number of hydrogen-bond donors (Lipinski definition) is 1. The molecule has 1 N–H and O–H groups in total. The molecule has 0 bridgehead atoms.